The molecule has 0 spiro atoms. The summed E-state index contributed by atoms with van der Waals surface area (Å²) in [4.78, 5) is 15.8. The van der Waals surface area contributed by atoms with Crippen molar-refractivity contribution in [3.8, 4) is 51.0 Å². The first kappa shape index (κ1) is 32.7. The van der Waals surface area contributed by atoms with E-state index in [0.717, 1.165) is 60.4 Å². The summed E-state index contributed by atoms with van der Waals surface area (Å²) in [5, 5.41) is 9.72. The molecule has 0 amide bonds. The molecule has 12 rings (SSSR count). The van der Waals surface area contributed by atoms with Crippen LogP contribution in [0.2, 0.25) is 0 Å². The van der Waals surface area contributed by atoms with Crippen LogP contribution in [-0.4, -0.2) is 19.5 Å². The minimum absolute atomic E-state index is 0.577. The maximum atomic E-state index is 5.38. The van der Waals surface area contributed by atoms with E-state index in [-0.39, 0.29) is 0 Å². The van der Waals surface area contributed by atoms with E-state index in [1.54, 1.807) is 0 Å². The van der Waals surface area contributed by atoms with Crippen molar-refractivity contribution < 1.29 is 0 Å². The molecule has 0 unspecified atom stereocenters. The van der Waals surface area contributed by atoms with Crippen LogP contribution in [0, 0.1) is 0 Å². The highest BCUT2D eigenvalue weighted by Crippen LogP contribution is 2.44. The maximum Gasteiger partial charge on any atom is 0.238 e. The van der Waals surface area contributed by atoms with Gasteiger partial charge in [-0.1, -0.05) is 176 Å². The van der Waals surface area contributed by atoms with Gasteiger partial charge in [-0.15, -0.1) is 11.3 Å². The normalized spacial score (nSPS) is 11.8. The number of para-hydroxylation sites is 1. The third-order valence-corrected chi connectivity index (χ3v) is 12.6. The molecule has 58 heavy (non-hydrogen) atoms. The summed E-state index contributed by atoms with van der Waals surface area (Å²) in [6, 6.07) is 69.1. The van der Waals surface area contributed by atoms with Crippen LogP contribution in [0.15, 0.2) is 194 Å². The Balaban J connectivity index is 1.16. The highest BCUT2D eigenvalue weighted by Gasteiger charge is 2.22. The molecule has 0 aliphatic rings. The maximum absolute atomic E-state index is 5.38. The number of nitrogens with zero attached hydrogens (tertiary/aromatic N) is 4. The van der Waals surface area contributed by atoms with Gasteiger partial charge in [0.1, 0.15) is 0 Å². The van der Waals surface area contributed by atoms with Crippen LogP contribution < -0.4 is 0 Å². The van der Waals surface area contributed by atoms with Crippen LogP contribution in [0.5, 0.6) is 0 Å². The number of fused-ring (bicyclic) bond motifs is 10. The zero-order valence-electron chi connectivity index (χ0n) is 31.2. The first-order valence-corrected chi connectivity index (χ1v) is 20.3. The molecule has 12 aromatic rings. The fourth-order valence-electron chi connectivity index (χ4n) is 8.73. The van der Waals surface area contributed by atoms with Gasteiger partial charge in [-0.3, -0.25) is 4.57 Å². The van der Waals surface area contributed by atoms with Crippen LogP contribution in [0.3, 0.4) is 0 Å². The second-order valence-corrected chi connectivity index (χ2v) is 15.9. The van der Waals surface area contributed by atoms with E-state index in [9.17, 15) is 0 Å². The lowest BCUT2D eigenvalue weighted by atomic mass is 9.98. The van der Waals surface area contributed by atoms with Crippen molar-refractivity contribution in [1.29, 1.82) is 0 Å². The van der Waals surface area contributed by atoms with Crippen molar-refractivity contribution in [3.05, 3.63) is 194 Å². The highest BCUT2D eigenvalue weighted by molar-refractivity contribution is 7.26. The quantitative estimate of drug-likeness (QED) is 0.176. The highest BCUT2D eigenvalue weighted by atomic mass is 32.1. The molecule has 0 aliphatic carbocycles. The molecule has 270 valence electrons. The first-order valence-electron chi connectivity index (χ1n) is 19.5. The largest absolute Gasteiger partial charge is 0.277 e. The molecule has 0 radical (unpaired) electrons. The van der Waals surface area contributed by atoms with Crippen LogP contribution in [0.4, 0.5) is 0 Å². The topological polar surface area (TPSA) is 43.6 Å². The van der Waals surface area contributed by atoms with Crippen molar-refractivity contribution >= 4 is 74.9 Å². The van der Waals surface area contributed by atoms with Crippen LogP contribution in [-0.2, 0) is 0 Å². The minimum atomic E-state index is 0.577. The fourth-order valence-corrected chi connectivity index (χ4v) is 9.83. The average molecular weight is 757 g/mol. The summed E-state index contributed by atoms with van der Waals surface area (Å²) in [5.41, 5.74) is 8.57. The van der Waals surface area contributed by atoms with E-state index in [1.165, 1.54) is 36.5 Å². The minimum Gasteiger partial charge on any atom is -0.277 e. The van der Waals surface area contributed by atoms with Gasteiger partial charge < -0.3 is 0 Å². The Bertz CT molecular complexity index is 3550. The van der Waals surface area contributed by atoms with Gasteiger partial charge in [0.25, 0.3) is 0 Å². The number of hydrogen-bond donors (Lipinski definition) is 0. The molecular formula is C53H32N4S. The lowest BCUT2D eigenvalue weighted by Crippen LogP contribution is -2.07. The zero-order chi connectivity index (χ0) is 38.2. The van der Waals surface area contributed by atoms with Crippen molar-refractivity contribution in [2.24, 2.45) is 0 Å². The van der Waals surface area contributed by atoms with Crippen molar-refractivity contribution in [3.63, 3.8) is 0 Å². The molecule has 3 aromatic heterocycles. The molecule has 0 bridgehead atoms. The molecular weight excluding hydrogens is 725 g/mol. The van der Waals surface area contributed by atoms with Gasteiger partial charge in [-0.2, -0.15) is 9.97 Å². The van der Waals surface area contributed by atoms with Gasteiger partial charge >= 0.3 is 0 Å². The van der Waals surface area contributed by atoms with Crippen molar-refractivity contribution in [2.75, 3.05) is 0 Å². The molecule has 3 heterocycles. The Kier molecular flexibility index (Phi) is 7.37. The number of hydrogen-bond acceptors (Lipinski definition) is 4. The summed E-state index contributed by atoms with van der Waals surface area (Å²) in [6.07, 6.45) is 0. The van der Waals surface area contributed by atoms with Crippen LogP contribution in [0.25, 0.3) is 115 Å². The second kappa shape index (κ2) is 13.1. The number of thiophene rings is 1. The molecule has 0 saturated carbocycles. The van der Waals surface area contributed by atoms with Gasteiger partial charge in [0.2, 0.25) is 5.95 Å². The third-order valence-electron chi connectivity index (χ3n) is 11.5. The van der Waals surface area contributed by atoms with Gasteiger partial charge in [-0.25, -0.2) is 4.98 Å². The van der Waals surface area contributed by atoms with E-state index in [2.05, 4.69) is 174 Å². The predicted octanol–water partition coefficient (Wildman–Crippen LogP) is 14.3. The SMILES string of the molecule is c1ccc(-c2ccc(-c3nc(-c4ccccc4)nc(-n4c5c(-c6ccc7sc8ccc9ccccc9c8c7c6)cccc5c5ccc6ccccc6c54)n3)cc2)cc1. The summed E-state index contributed by atoms with van der Waals surface area (Å²) in [6.45, 7) is 0. The smallest absolute Gasteiger partial charge is 0.238 e. The van der Waals surface area contributed by atoms with E-state index in [4.69, 9.17) is 15.0 Å². The van der Waals surface area contributed by atoms with Gasteiger partial charge in [-0.05, 0) is 51.0 Å². The van der Waals surface area contributed by atoms with E-state index in [1.807, 2.05) is 35.6 Å². The monoisotopic (exact) mass is 756 g/mol. The zero-order valence-corrected chi connectivity index (χ0v) is 32.0. The van der Waals surface area contributed by atoms with E-state index < -0.39 is 0 Å². The van der Waals surface area contributed by atoms with E-state index >= 15 is 0 Å². The predicted molar refractivity (Wildman–Crippen MR) is 244 cm³/mol. The van der Waals surface area contributed by atoms with Crippen LogP contribution in [0.1, 0.15) is 0 Å². The molecule has 0 N–H and O–H groups in total. The molecule has 0 aliphatic heterocycles. The molecule has 0 atom stereocenters. The Labute approximate surface area is 338 Å². The van der Waals surface area contributed by atoms with Crippen molar-refractivity contribution in [2.45, 2.75) is 0 Å². The van der Waals surface area contributed by atoms with Crippen molar-refractivity contribution in [1.82, 2.24) is 19.5 Å². The summed E-state index contributed by atoms with van der Waals surface area (Å²) in [5.74, 6) is 1.82. The molecule has 0 saturated heterocycles. The molecule has 9 aromatic carbocycles. The molecule has 0 fully saturated rings. The number of benzene rings is 9. The van der Waals surface area contributed by atoms with Crippen LogP contribution >= 0.6 is 11.3 Å². The van der Waals surface area contributed by atoms with Gasteiger partial charge in [0, 0.05) is 53.0 Å². The van der Waals surface area contributed by atoms with Gasteiger partial charge in [0.05, 0.1) is 11.0 Å². The summed E-state index contributed by atoms with van der Waals surface area (Å²) in [7, 11) is 0. The lowest BCUT2D eigenvalue weighted by Gasteiger charge is -2.14. The summed E-state index contributed by atoms with van der Waals surface area (Å²) >= 11 is 1.86. The fraction of sp³-hybridized carbons (Fsp3) is 0. The Morgan fingerprint density at radius 2 is 0.897 bits per heavy atom. The standard InChI is InChI=1S/C53H32N4S/c1-3-12-33(13-4-1)34-22-24-38(25-23-34)52-54-51(37-16-5-2-6-17-37)55-53(56-52)57-49-41-19-10-8-15-36(41)26-29-44(49)43-21-11-20-42(50(43)57)39-28-30-46-45(32-39)48-40-18-9-7-14-35(40)27-31-47(48)58-46/h1-32H. The second-order valence-electron chi connectivity index (χ2n) is 14.8. The lowest BCUT2D eigenvalue weighted by molar-refractivity contribution is 0.955. The molecule has 5 heteroatoms. The molecule has 4 nitrogen and oxygen atoms in total. The van der Waals surface area contributed by atoms with Gasteiger partial charge in [0.15, 0.2) is 11.6 Å². The first-order chi connectivity index (χ1) is 28.7. The summed E-state index contributed by atoms with van der Waals surface area (Å²) < 4.78 is 4.87. The number of aromatic nitrogens is 4. The average Bonchev–Trinajstić information content (AvgIpc) is 3.86. The number of rotatable bonds is 5. The Hall–Kier alpha value is -7.47. The Morgan fingerprint density at radius 3 is 1.67 bits per heavy atom. The Morgan fingerprint density at radius 1 is 0.345 bits per heavy atom. The van der Waals surface area contributed by atoms with E-state index in [0.29, 0.717) is 17.6 Å². The third kappa shape index (κ3) is 5.18.